The quantitative estimate of drug-likeness (QED) is 0.722. The molecular weight excluding hydrogens is 336 g/mol. The van der Waals surface area contributed by atoms with Crippen molar-refractivity contribution in [3.8, 4) is 0 Å². The number of carbonyl (C=O) groups excluding carboxylic acids is 1. The molecule has 2 N–H and O–H groups in total. The maximum absolute atomic E-state index is 13.1. The van der Waals surface area contributed by atoms with Crippen molar-refractivity contribution < 1.29 is 14.7 Å². The molecule has 1 aromatic carbocycles. The van der Waals surface area contributed by atoms with Crippen molar-refractivity contribution in [2.45, 2.75) is 25.8 Å². The minimum Gasteiger partial charge on any atom is -0.481 e. The van der Waals surface area contributed by atoms with E-state index in [4.69, 9.17) is 0 Å². The van der Waals surface area contributed by atoms with Crippen LogP contribution in [0.25, 0.3) is 16.6 Å². The predicted octanol–water partition coefficient (Wildman–Crippen LogP) is 1.50. The van der Waals surface area contributed by atoms with E-state index >= 15 is 0 Å². The molecule has 1 fully saturated rings. The predicted molar refractivity (Wildman–Crippen MR) is 94.2 cm³/mol. The van der Waals surface area contributed by atoms with Crippen LogP contribution in [0.1, 0.15) is 30.1 Å². The van der Waals surface area contributed by atoms with Gasteiger partial charge in [0.15, 0.2) is 0 Å². The first-order valence-electron chi connectivity index (χ1n) is 8.50. The number of para-hydroxylation sites is 1. The summed E-state index contributed by atoms with van der Waals surface area (Å²) in [5.74, 6) is -1.91. The van der Waals surface area contributed by atoms with Crippen LogP contribution in [0.3, 0.4) is 0 Å². The SMILES string of the molecule is CC(CN(C(=O)c1cnn2c1[nH]c(=O)c1ccccc12)C1CC1)C(=O)O. The Bertz CT molecular complexity index is 1080. The summed E-state index contributed by atoms with van der Waals surface area (Å²) >= 11 is 0. The number of carbonyl (C=O) groups is 2. The van der Waals surface area contributed by atoms with Crippen LogP contribution in [0.15, 0.2) is 35.3 Å². The van der Waals surface area contributed by atoms with Crippen molar-refractivity contribution in [3.63, 3.8) is 0 Å². The zero-order chi connectivity index (χ0) is 18.4. The first-order valence-corrected chi connectivity index (χ1v) is 8.50. The first kappa shape index (κ1) is 16.3. The number of nitrogens with zero attached hydrogens (tertiary/aromatic N) is 3. The van der Waals surface area contributed by atoms with Crippen molar-refractivity contribution in [2.75, 3.05) is 6.54 Å². The van der Waals surface area contributed by atoms with Gasteiger partial charge in [-0.15, -0.1) is 0 Å². The van der Waals surface area contributed by atoms with Crippen LogP contribution in [0.2, 0.25) is 0 Å². The average Bonchev–Trinajstić information content (AvgIpc) is 3.38. The summed E-state index contributed by atoms with van der Waals surface area (Å²) in [5.41, 5.74) is 0.923. The minimum atomic E-state index is -0.942. The standard InChI is InChI=1S/C18H18N4O4/c1-10(18(25)26)9-21(11-6-7-11)17(24)13-8-19-22-14-5-3-2-4-12(14)16(23)20-15(13)22/h2-5,8,10-11H,6-7,9H2,1H3,(H,20,23)(H,25,26). The van der Waals surface area contributed by atoms with Gasteiger partial charge in [0.25, 0.3) is 11.5 Å². The average molecular weight is 354 g/mol. The highest BCUT2D eigenvalue weighted by molar-refractivity contribution is 6.01. The molecule has 134 valence electrons. The highest BCUT2D eigenvalue weighted by Gasteiger charge is 2.36. The fourth-order valence-corrected chi connectivity index (χ4v) is 3.14. The number of hydrogen-bond donors (Lipinski definition) is 2. The number of carboxylic acid groups (broad SMARTS) is 1. The Morgan fingerprint density at radius 3 is 2.81 bits per heavy atom. The lowest BCUT2D eigenvalue weighted by atomic mass is 10.1. The summed E-state index contributed by atoms with van der Waals surface area (Å²) in [6.45, 7) is 1.71. The van der Waals surface area contributed by atoms with Gasteiger partial charge in [0.2, 0.25) is 0 Å². The number of nitrogens with one attached hydrogen (secondary N) is 1. The third kappa shape index (κ3) is 2.63. The van der Waals surface area contributed by atoms with E-state index in [2.05, 4.69) is 10.1 Å². The van der Waals surface area contributed by atoms with Gasteiger partial charge in [0.1, 0.15) is 11.2 Å². The molecule has 1 atom stereocenters. The smallest absolute Gasteiger partial charge is 0.308 e. The molecular formula is C18H18N4O4. The Morgan fingerprint density at radius 1 is 1.38 bits per heavy atom. The number of benzene rings is 1. The van der Waals surface area contributed by atoms with Crippen LogP contribution < -0.4 is 5.56 Å². The van der Waals surface area contributed by atoms with Gasteiger partial charge in [-0.05, 0) is 25.0 Å². The summed E-state index contributed by atoms with van der Waals surface area (Å²) in [5, 5.41) is 13.9. The second kappa shape index (κ2) is 5.98. The zero-order valence-electron chi connectivity index (χ0n) is 14.2. The molecule has 0 bridgehead atoms. The first-order chi connectivity index (χ1) is 12.5. The maximum Gasteiger partial charge on any atom is 0.308 e. The second-order valence-corrected chi connectivity index (χ2v) is 6.72. The van der Waals surface area contributed by atoms with E-state index in [1.54, 1.807) is 36.1 Å². The van der Waals surface area contributed by atoms with E-state index in [9.17, 15) is 19.5 Å². The molecule has 3 aromatic rings. The molecule has 0 aliphatic heterocycles. The monoisotopic (exact) mass is 354 g/mol. The van der Waals surface area contributed by atoms with Crippen LogP contribution in [-0.2, 0) is 4.79 Å². The van der Waals surface area contributed by atoms with Gasteiger partial charge < -0.3 is 15.0 Å². The van der Waals surface area contributed by atoms with Gasteiger partial charge in [0, 0.05) is 12.6 Å². The van der Waals surface area contributed by atoms with Crippen molar-refractivity contribution in [2.24, 2.45) is 5.92 Å². The van der Waals surface area contributed by atoms with Crippen molar-refractivity contribution in [3.05, 3.63) is 46.4 Å². The Kier molecular flexibility index (Phi) is 3.75. The highest BCUT2D eigenvalue weighted by Crippen LogP contribution is 2.30. The number of carboxylic acids is 1. The zero-order valence-corrected chi connectivity index (χ0v) is 14.2. The van der Waals surface area contributed by atoms with E-state index < -0.39 is 11.9 Å². The van der Waals surface area contributed by atoms with Gasteiger partial charge in [-0.25, -0.2) is 4.52 Å². The van der Waals surface area contributed by atoms with Crippen LogP contribution in [0, 0.1) is 5.92 Å². The van der Waals surface area contributed by atoms with Crippen LogP contribution >= 0.6 is 0 Å². The number of hydrogen-bond acceptors (Lipinski definition) is 4. The second-order valence-electron chi connectivity index (χ2n) is 6.72. The molecule has 0 radical (unpaired) electrons. The van der Waals surface area contributed by atoms with Crippen molar-refractivity contribution in [1.29, 1.82) is 0 Å². The molecule has 2 aromatic heterocycles. The minimum absolute atomic E-state index is 0.0476. The Labute approximate surface area is 148 Å². The normalized spacial score (nSPS) is 15.3. The van der Waals surface area contributed by atoms with E-state index in [0.717, 1.165) is 12.8 Å². The molecule has 0 saturated heterocycles. The van der Waals surface area contributed by atoms with E-state index in [1.807, 2.05) is 0 Å². The van der Waals surface area contributed by atoms with Gasteiger partial charge in [0.05, 0.1) is 23.0 Å². The Balaban J connectivity index is 1.79. The molecule has 2 heterocycles. The number of rotatable bonds is 5. The molecule has 8 heteroatoms. The van der Waals surface area contributed by atoms with Crippen LogP contribution in [-0.4, -0.2) is 49.1 Å². The molecule has 1 saturated carbocycles. The molecule has 1 aliphatic carbocycles. The number of aromatic nitrogens is 3. The number of aromatic amines is 1. The van der Waals surface area contributed by atoms with Gasteiger partial charge in [-0.3, -0.25) is 14.4 Å². The topological polar surface area (TPSA) is 108 Å². The van der Waals surface area contributed by atoms with Crippen LogP contribution in [0.5, 0.6) is 0 Å². The Hall–Kier alpha value is -3.16. The summed E-state index contributed by atoms with van der Waals surface area (Å²) in [4.78, 5) is 40.9. The number of amides is 1. The molecule has 4 rings (SSSR count). The number of fused-ring (bicyclic) bond motifs is 3. The van der Waals surface area contributed by atoms with E-state index in [0.29, 0.717) is 16.6 Å². The largest absolute Gasteiger partial charge is 0.481 e. The van der Waals surface area contributed by atoms with Gasteiger partial charge >= 0.3 is 5.97 Å². The Morgan fingerprint density at radius 2 is 2.12 bits per heavy atom. The third-order valence-electron chi connectivity index (χ3n) is 4.75. The van der Waals surface area contributed by atoms with Gasteiger partial charge in [-0.1, -0.05) is 19.1 Å². The van der Waals surface area contributed by atoms with E-state index in [1.165, 1.54) is 10.7 Å². The number of aliphatic carboxylic acids is 1. The third-order valence-corrected chi connectivity index (χ3v) is 4.75. The van der Waals surface area contributed by atoms with Crippen molar-refractivity contribution in [1.82, 2.24) is 19.5 Å². The van der Waals surface area contributed by atoms with Gasteiger partial charge in [-0.2, -0.15) is 5.10 Å². The lowest BCUT2D eigenvalue weighted by Gasteiger charge is -2.23. The highest BCUT2D eigenvalue weighted by atomic mass is 16.4. The van der Waals surface area contributed by atoms with Crippen molar-refractivity contribution >= 4 is 28.4 Å². The molecule has 1 aliphatic rings. The molecule has 8 nitrogen and oxygen atoms in total. The lowest BCUT2D eigenvalue weighted by Crippen LogP contribution is -2.38. The van der Waals surface area contributed by atoms with E-state index in [-0.39, 0.29) is 29.6 Å². The molecule has 0 spiro atoms. The fourth-order valence-electron chi connectivity index (χ4n) is 3.14. The summed E-state index contributed by atoms with van der Waals surface area (Å²) in [6, 6.07) is 7.08. The summed E-state index contributed by atoms with van der Waals surface area (Å²) < 4.78 is 1.54. The summed E-state index contributed by atoms with van der Waals surface area (Å²) in [6.07, 6.45) is 3.15. The summed E-state index contributed by atoms with van der Waals surface area (Å²) in [7, 11) is 0. The fraction of sp³-hybridized carbons (Fsp3) is 0.333. The number of H-pyrrole nitrogens is 1. The maximum atomic E-state index is 13.1. The molecule has 26 heavy (non-hydrogen) atoms. The lowest BCUT2D eigenvalue weighted by molar-refractivity contribution is -0.141. The van der Waals surface area contributed by atoms with Crippen LogP contribution in [0.4, 0.5) is 0 Å². The molecule has 1 amide bonds. The molecule has 1 unspecified atom stereocenters.